The Kier molecular flexibility index (Phi) is 6.18. The zero-order valence-electron chi connectivity index (χ0n) is 15.4. The van der Waals surface area contributed by atoms with E-state index in [0.717, 1.165) is 15.4 Å². The van der Waals surface area contributed by atoms with E-state index in [-0.39, 0.29) is 11.8 Å². The first-order chi connectivity index (χ1) is 13.0. The van der Waals surface area contributed by atoms with E-state index in [4.69, 9.17) is 4.42 Å². The summed E-state index contributed by atoms with van der Waals surface area (Å²) in [5.74, 6) is 0.376. The standard InChI is InChI=1S/C19H21N3O3S2/c1-4-22(5-2)18(24)16-9-13-8-14(6-7-15(13)25-16)21-17(23)11-27-19-20-12(3)10-26-19/h6-10H,4-5,11H2,1-3H3,(H,21,23). The van der Waals surface area contributed by atoms with Gasteiger partial charge in [-0.2, -0.15) is 0 Å². The van der Waals surface area contributed by atoms with Gasteiger partial charge >= 0.3 is 0 Å². The lowest BCUT2D eigenvalue weighted by molar-refractivity contribution is -0.113. The number of fused-ring (bicyclic) bond motifs is 1. The van der Waals surface area contributed by atoms with Crippen LogP contribution < -0.4 is 5.32 Å². The largest absolute Gasteiger partial charge is 0.451 e. The van der Waals surface area contributed by atoms with Crippen LogP contribution in [-0.2, 0) is 4.79 Å². The SMILES string of the molecule is CCN(CC)C(=O)c1cc2cc(NC(=O)CSc3nc(C)cs3)ccc2o1. The number of benzene rings is 1. The van der Waals surface area contributed by atoms with Crippen molar-refractivity contribution in [2.24, 2.45) is 0 Å². The Labute approximate surface area is 165 Å². The van der Waals surface area contributed by atoms with Gasteiger partial charge in [0.05, 0.1) is 5.75 Å². The van der Waals surface area contributed by atoms with Crippen molar-refractivity contribution >= 4 is 51.6 Å². The molecular weight excluding hydrogens is 382 g/mol. The zero-order chi connectivity index (χ0) is 19.4. The van der Waals surface area contributed by atoms with Crippen LogP contribution in [0.3, 0.4) is 0 Å². The third-order valence-corrected chi connectivity index (χ3v) is 6.13. The van der Waals surface area contributed by atoms with Gasteiger partial charge in [0.1, 0.15) is 5.58 Å². The van der Waals surface area contributed by atoms with E-state index >= 15 is 0 Å². The van der Waals surface area contributed by atoms with Crippen LogP contribution in [0.15, 0.2) is 38.4 Å². The molecular formula is C19H21N3O3S2. The van der Waals surface area contributed by atoms with Crippen molar-refractivity contribution in [3.63, 3.8) is 0 Å². The molecule has 8 heteroatoms. The fourth-order valence-corrected chi connectivity index (χ4v) is 4.27. The number of nitrogens with zero attached hydrogens (tertiary/aromatic N) is 2. The first kappa shape index (κ1) is 19.4. The minimum absolute atomic E-state index is 0.102. The van der Waals surface area contributed by atoms with E-state index in [1.54, 1.807) is 23.1 Å². The van der Waals surface area contributed by atoms with Crippen molar-refractivity contribution in [2.75, 3.05) is 24.2 Å². The van der Waals surface area contributed by atoms with Crippen LogP contribution in [0.2, 0.25) is 0 Å². The summed E-state index contributed by atoms with van der Waals surface area (Å²) in [5, 5.41) is 5.62. The van der Waals surface area contributed by atoms with Crippen molar-refractivity contribution in [1.82, 2.24) is 9.88 Å². The third kappa shape index (κ3) is 4.70. The molecule has 3 aromatic rings. The predicted molar refractivity (Wildman–Crippen MR) is 110 cm³/mol. The van der Waals surface area contributed by atoms with Crippen LogP contribution in [0.5, 0.6) is 0 Å². The molecule has 27 heavy (non-hydrogen) atoms. The number of furan rings is 1. The molecule has 142 valence electrons. The highest BCUT2D eigenvalue weighted by molar-refractivity contribution is 8.01. The second kappa shape index (κ2) is 8.58. The fraction of sp³-hybridized carbons (Fsp3) is 0.316. The molecule has 0 bridgehead atoms. The summed E-state index contributed by atoms with van der Waals surface area (Å²) in [6.45, 7) is 7.05. The van der Waals surface area contributed by atoms with E-state index in [2.05, 4.69) is 10.3 Å². The summed E-state index contributed by atoms with van der Waals surface area (Å²) in [6.07, 6.45) is 0. The molecule has 2 amide bonds. The van der Waals surface area contributed by atoms with Crippen molar-refractivity contribution in [2.45, 2.75) is 25.1 Å². The Morgan fingerprint density at radius 1 is 1.26 bits per heavy atom. The highest BCUT2D eigenvalue weighted by Gasteiger charge is 2.17. The second-order valence-corrected chi connectivity index (χ2v) is 8.01. The number of nitrogens with one attached hydrogen (secondary N) is 1. The van der Waals surface area contributed by atoms with E-state index in [1.807, 2.05) is 32.2 Å². The van der Waals surface area contributed by atoms with Crippen LogP contribution >= 0.6 is 23.1 Å². The Morgan fingerprint density at radius 2 is 2.04 bits per heavy atom. The Morgan fingerprint density at radius 3 is 2.70 bits per heavy atom. The molecule has 1 aromatic carbocycles. The molecule has 0 spiro atoms. The number of hydrogen-bond acceptors (Lipinski definition) is 6. The summed E-state index contributed by atoms with van der Waals surface area (Å²) in [7, 11) is 0. The van der Waals surface area contributed by atoms with Gasteiger partial charge in [0, 0.05) is 35.2 Å². The van der Waals surface area contributed by atoms with E-state index in [0.29, 0.717) is 35.9 Å². The number of thioether (sulfide) groups is 1. The molecule has 0 saturated heterocycles. The lowest BCUT2D eigenvalue weighted by atomic mass is 10.2. The molecule has 0 unspecified atom stereocenters. The van der Waals surface area contributed by atoms with Crippen molar-refractivity contribution < 1.29 is 14.0 Å². The lowest BCUT2D eigenvalue weighted by Crippen LogP contribution is -2.30. The number of carbonyl (C=O) groups excluding carboxylic acids is 2. The van der Waals surface area contributed by atoms with Gasteiger partial charge in [-0.25, -0.2) is 4.98 Å². The average Bonchev–Trinajstić information content (AvgIpc) is 3.26. The maximum absolute atomic E-state index is 12.4. The molecule has 6 nitrogen and oxygen atoms in total. The Balaban J connectivity index is 1.67. The molecule has 1 N–H and O–H groups in total. The van der Waals surface area contributed by atoms with Gasteiger partial charge in [0.15, 0.2) is 10.1 Å². The van der Waals surface area contributed by atoms with E-state index in [9.17, 15) is 9.59 Å². The molecule has 0 saturated carbocycles. The van der Waals surface area contributed by atoms with Gasteiger partial charge in [-0.3, -0.25) is 9.59 Å². The maximum Gasteiger partial charge on any atom is 0.289 e. The molecule has 0 aliphatic heterocycles. The minimum Gasteiger partial charge on any atom is -0.451 e. The molecule has 0 fully saturated rings. The summed E-state index contributed by atoms with van der Waals surface area (Å²) in [5.41, 5.74) is 2.26. The number of carbonyl (C=O) groups is 2. The quantitative estimate of drug-likeness (QED) is 0.592. The molecule has 0 atom stereocenters. The number of thiazole rings is 1. The van der Waals surface area contributed by atoms with Crippen LogP contribution in [0, 0.1) is 6.92 Å². The van der Waals surface area contributed by atoms with Crippen molar-refractivity contribution in [3.05, 3.63) is 41.1 Å². The zero-order valence-corrected chi connectivity index (χ0v) is 17.1. The number of rotatable bonds is 7. The average molecular weight is 404 g/mol. The number of amides is 2. The van der Waals surface area contributed by atoms with Crippen LogP contribution in [0.25, 0.3) is 11.0 Å². The number of aryl methyl sites for hydroxylation is 1. The molecule has 0 aliphatic rings. The van der Waals surface area contributed by atoms with Crippen LogP contribution in [0.4, 0.5) is 5.69 Å². The maximum atomic E-state index is 12.4. The van der Waals surface area contributed by atoms with Gasteiger partial charge in [0.2, 0.25) is 5.91 Å². The smallest absolute Gasteiger partial charge is 0.289 e. The van der Waals surface area contributed by atoms with Crippen molar-refractivity contribution in [1.29, 1.82) is 0 Å². The molecule has 0 aliphatic carbocycles. The van der Waals surface area contributed by atoms with Gasteiger partial charge in [-0.1, -0.05) is 11.8 Å². The highest BCUT2D eigenvalue weighted by atomic mass is 32.2. The van der Waals surface area contributed by atoms with Gasteiger partial charge in [-0.05, 0) is 45.0 Å². The molecule has 0 radical (unpaired) electrons. The monoisotopic (exact) mass is 403 g/mol. The van der Waals surface area contributed by atoms with E-state index in [1.165, 1.54) is 23.1 Å². The second-order valence-electron chi connectivity index (χ2n) is 5.93. The summed E-state index contributed by atoms with van der Waals surface area (Å²) in [4.78, 5) is 30.6. The molecule has 2 heterocycles. The minimum atomic E-state index is -0.128. The Hall–Kier alpha value is -2.32. The fourth-order valence-electron chi connectivity index (χ4n) is 2.62. The van der Waals surface area contributed by atoms with Crippen LogP contribution in [0.1, 0.15) is 30.1 Å². The third-order valence-electron chi connectivity index (χ3n) is 3.99. The summed E-state index contributed by atoms with van der Waals surface area (Å²) in [6, 6.07) is 7.07. The number of aromatic nitrogens is 1. The predicted octanol–water partition coefficient (Wildman–Crippen LogP) is 4.41. The van der Waals surface area contributed by atoms with Gasteiger partial charge in [0.25, 0.3) is 5.91 Å². The number of hydrogen-bond donors (Lipinski definition) is 1. The summed E-state index contributed by atoms with van der Waals surface area (Å²) < 4.78 is 6.55. The molecule has 3 rings (SSSR count). The first-order valence-corrected chi connectivity index (χ1v) is 10.5. The van der Waals surface area contributed by atoms with Crippen molar-refractivity contribution in [3.8, 4) is 0 Å². The number of anilines is 1. The van der Waals surface area contributed by atoms with E-state index < -0.39 is 0 Å². The molecule has 2 aromatic heterocycles. The van der Waals surface area contributed by atoms with Gasteiger partial charge < -0.3 is 14.6 Å². The highest BCUT2D eigenvalue weighted by Crippen LogP contribution is 2.25. The topological polar surface area (TPSA) is 75.4 Å². The van der Waals surface area contributed by atoms with Gasteiger partial charge in [-0.15, -0.1) is 11.3 Å². The van der Waals surface area contributed by atoms with Crippen LogP contribution in [-0.4, -0.2) is 40.5 Å². The lowest BCUT2D eigenvalue weighted by Gasteiger charge is -2.16. The summed E-state index contributed by atoms with van der Waals surface area (Å²) >= 11 is 2.95. The normalized spacial score (nSPS) is 10.9. The Bertz CT molecular complexity index is 960. The first-order valence-electron chi connectivity index (χ1n) is 8.67.